The van der Waals surface area contributed by atoms with Crippen molar-refractivity contribution < 1.29 is 17.9 Å². The molecule has 1 N–H and O–H groups in total. The van der Waals surface area contributed by atoms with Gasteiger partial charge in [0, 0.05) is 18.0 Å². The van der Waals surface area contributed by atoms with Gasteiger partial charge in [0.25, 0.3) is 5.91 Å². The van der Waals surface area contributed by atoms with Gasteiger partial charge in [-0.2, -0.15) is 0 Å². The molecule has 1 aromatic heterocycles. The molecule has 1 heterocycles. The predicted molar refractivity (Wildman–Crippen MR) is 123 cm³/mol. The zero-order valence-electron chi connectivity index (χ0n) is 17.7. The van der Waals surface area contributed by atoms with E-state index in [4.69, 9.17) is 4.74 Å². The van der Waals surface area contributed by atoms with Crippen molar-refractivity contribution in [3.8, 4) is 5.75 Å². The molecule has 31 heavy (non-hydrogen) atoms. The Labute approximate surface area is 186 Å². The van der Waals surface area contributed by atoms with Crippen molar-refractivity contribution >= 4 is 32.4 Å². The average Bonchev–Trinajstić information content (AvgIpc) is 3.13. The fourth-order valence-corrected chi connectivity index (χ4v) is 4.41. The minimum absolute atomic E-state index is 0.132. The molecule has 0 radical (unpaired) electrons. The highest BCUT2D eigenvalue weighted by Gasteiger charge is 2.21. The van der Waals surface area contributed by atoms with Gasteiger partial charge in [-0.3, -0.25) is 4.79 Å². The third kappa shape index (κ3) is 6.53. The predicted octanol–water partition coefficient (Wildman–Crippen LogP) is 3.40. The Balaban J connectivity index is 1.83. The molecule has 1 amide bonds. The van der Waals surface area contributed by atoms with E-state index in [1.165, 1.54) is 11.3 Å². The third-order valence-electron chi connectivity index (χ3n) is 4.59. The summed E-state index contributed by atoms with van der Waals surface area (Å²) < 4.78 is 30.1. The number of sulfonamides is 1. The van der Waals surface area contributed by atoms with E-state index in [-0.39, 0.29) is 5.69 Å². The molecule has 3 aromatic rings. The van der Waals surface area contributed by atoms with Crippen LogP contribution >= 0.6 is 11.3 Å². The van der Waals surface area contributed by atoms with Gasteiger partial charge in [0.15, 0.2) is 5.13 Å². The first kappa shape index (κ1) is 22.8. The first-order valence-electron chi connectivity index (χ1n) is 9.66. The molecule has 0 fully saturated rings. The molecular formula is C22H25N3O4S2. The quantitative estimate of drug-likeness (QED) is 0.528. The van der Waals surface area contributed by atoms with E-state index >= 15 is 0 Å². The van der Waals surface area contributed by atoms with Crippen LogP contribution in [-0.4, -0.2) is 39.2 Å². The fourth-order valence-electron chi connectivity index (χ4n) is 3.05. The van der Waals surface area contributed by atoms with Crippen LogP contribution in [0.5, 0.6) is 5.75 Å². The van der Waals surface area contributed by atoms with E-state index in [0.717, 1.165) is 29.6 Å². The summed E-state index contributed by atoms with van der Waals surface area (Å²) in [4.78, 5) is 19.6. The standard InChI is InChI=1S/C22H25N3O4S2/c1-16-20(21(26)24-31(3,27)28)23-22(30-16)25(15-18-7-5-4-6-8-18)14-13-17-9-11-19(29-2)12-10-17/h4-12H,13-15H2,1-3H3,(H,24,26). The first-order chi connectivity index (χ1) is 14.7. The van der Waals surface area contributed by atoms with Crippen molar-refractivity contribution in [3.05, 3.63) is 76.3 Å². The highest BCUT2D eigenvalue weighted by atomic mass is 32.2. The summed E-state index contributed by atoms with van der Waals surface area (Å²) in [5.41, 5.74) is 2.40. The van der Waals surface area contributed by atoms with Gasteiger partial charge in [-0.05, 0) is 36.6 Å². The highest BCUT2D eigenvalue weighted by molar-refractivity contribution is 7.89. The van der Waals surface area contributed by atoms with Crippen LogP contribution in [0.3, 0.4) is 0 Å². The number of rotatable bonds is 9. The summed E-state index contributed by atoms with van der Waals surface area (Å²) in [6.07, 6.45) is 1.73. The van der Waals surface area contributed by atoms with Crippen LogP contribution in [0.1, 0.15) is 26.5 Å². The second kappa shape index (κ2) is 9.93. The smallest absolute Gasteiger partial charge is 0.284 e. The van der Waals surface area contributed by atoms with Gasteiger partial charge in [0.05, 0.1) is 13.4 Å². The van der Waals surface area contributed by atoms with E-state index in [1.54, 1.807) is 14.0 Å². The molecule has 0 unspecified atom stereocenters. The van der Waals surface area contributed by atoms with Crippen molar-refractivity contribution in [2.75, 3.05) is 24.8 Å². The number of aromatic nitrogens is 1. The summed E-state index contributed by atoms with van der Waals surface area (Å²) in [5, 5.41) is 0.675. The van der Waals surface area contributed by atoms with E-state index in [9.17, 15) is 13.2 Å². The largest absolute Gasteiger partial charge is 0.497 e. The molecule has 0 saturated carbocycles. The fraction of sp³-hybridized carbons (Fsp3) is 0.273. The Morgan fingerprint density at radius 1 is 1.10 bits per heavy atom. The molecule has 0 aliphatic rings. The van der Waals surface area contributed by atoms with Crippen molar-refractivity contribution in [1.29, 1.82) is 0 Å². The molecule has 0 atom stereocenters. The number of nitrogens with zero attached hydrogens (tertiary/aromatic N) is 2. The van der Waals surface area contributed by atoms with Crippen LogP contribution in [0.4, 0.5) is 5.13 Å². The monoisotopic (exact) mass is 459 g/mol. The summed E-state index contributed by atoms with van der Waals surface area (Å²) in [7, 11) is -2.02. The molecule has 0 aliphatic heterocycles. The Hall–Kier alpha value is -2.91. The Morgan fingerprint density at radius 3 is 2.39 bits per heavy atom. The van der Waals surface area contributed by atoms with Crippen molar-refractivity contribution in [2.24, 2.45) is 0 Å². The van der Waals surface area contributed by atoms with Crippen LogP contribution < -0.4 is 14.4 Å². The summed E-state index contributed by atoms with van der Waals surface area (Å²) in [6.45, 7) is 3.07. The van der Waals surface area contributed by atoms with Gasteiger partial charge in [-0.1, -0.05) is 42.5 Å². The van der Waals surface area contributed by atoms with E-state index in [2.05, 4.69) is 9.88 Å². The molecule has 0 saturated heterocycles. The molecule has 0 aliphatic carbocycles. The number of thiazole rings is 1. The number of aryl methyl sites for hydroxylation is 1. The zero-order valence-corrected chi connectivity index (χ0v) is 19.3. The van der Waals surface area contributed by atoms with Gasteiger partial charge < -0.3 is 9.64 Å². The summed E-state index contributed by atoms with van der Waals surface area (Å²) in [6, 6.07) is 17.9. The first-order valence-corrected chi connectivity index (χ1v) is 12.4. The maximum atomic E-state index is 12.3. The second-order valence-corrected chi connectivity index (χ2v) is 10.0. The highest BCUT2D eigenvalue weighted by Crippen LogP contribution is 2.27. The minimum Gasteiger partial charge on any atom is -0.497 e. The topological polar surface area (TPSA) is 88.6 Å². The van der Waals surface area contributed by atoms with Gasteiger partial charge in [-0.25, -0.2) is 18.1 Å². The lowest BCUT2D eigenvalue weighted by Gasteiger charge is -2.22. The molecule has 9 heteroatoms. The normalized spacial score (nSPS) is 11.2. The van der Waals surface area contributed by atoms with Crippen molar-refractivity contribution in [1.82, 2.24) is 9.71 Å². The SMILES string of the molecule is COc1ccc(CCN(Cc2ccccc2)c2nc(C(=O)NS(C)(=O)=O)c(C)s2)cc1. The second-order valence-electron chi connectivity index (χ2n) is 7.11. The lowest BCUT2D eigenvalue weighted by Crippen LogP contribution is -2.30. The van der Waals surface area contributed by atoms with Gasteiger partial charge in [0.1, 0.15) is 11.4 Å². The number of hydrogen-bond donors (Lipinski definition) is 1. The molecule has 164 valence electrons. The van der Waals surface area contributed by atoms with Crippen LogP contribution in [0, 0.1) is 6.92 Å². The molecule has 2 aromatic carbocycles. The molecule has 3 rings (SSSR count). The Morgan fingerprint density at radius 2 is 1.77 bits per heavy atom. The molecular weight excluding hydrogens is 434 g/mol. The minimum atomic E-state index is -3.66. The number of benzene rings is 2. The summed E-state index contributed by atoms with van der Waals surface area (Å²) >= 11 is 1.38. The number of carbonyl (C=O) groups is 1. The number of hydrogen-bond acceptors (Lipinski definition) is 7. The van der Waals surface area contributed by atoms with Gasteiger partial charge in [-0.15, -0.1) is 11.3 Å². The maximum absolute atomic E-state index is 12.3. The summed E-state index contributed by atoms with van der Waals surface area (Å²) in [5.74, 6) is 0.0966. The van der Waals surface area contributed by atoms with Crippen LogP contribution in [0.2, 0.25) is 0 Å². The van der Waals surface area contributed by atoms with Crippen LogP contribution in [-0.2, 0) is 23.0 Å². The molecule has 0 bridgehead atoms. The Bertz CT molecular complexity index is 1130. The molecule has 0 spiro atoms. The third-order valence-corrected chi connectivity index (χ3v) is 6.18. The van der Waals surface area contributed by atoms with Crippen molar-refractivity contribution in [3.63, 3.8) is 0 Å². The molecule has 7 nitrogen and oxygen atoms in total. The van der Waals surface area contributed by atoms with E-state index in [1.807, 2.05) is 59.3 Å². The van der Waals surface area contributed by atoms with E-state index < -0.39 is 15.9 Å². The van der Waals surface area contributed by atoms with Crippen LogP contribution in [0.25, 0.3) is 0 Å². The average molecular weight is 460 g/mol. The van der Waals surface area contributed by atoms with Gasteiger partial charge >= 0.3 is 0 Å². The Kier molecular flexibility index (Phi) is 7.29. The lowest BCUT2D eigenvalue weighted by molar-refractivity contribution is 0.0977. The van der Waals surface area contributed by atoms with Gasteiger partial charge in [0.2, 0.25) is 10.0 Å². The van der Waals surface area contributed by atoms with Crippen molar-refractivity contribution in [2.45, 2.75) is 19.9 Å². The maximum Gasteiger partial charge on any atom is 0.284 e. The number of nitrogens with one attached hydrogen (secondary N) is 1. The number of ether oxygens (including phenoxy) is 1. The van der Waals surface area contributed by atoms with E-state index in [0.29, 0.717) is 23.1 Å². The number of methoxy groups -OCH3 is 1. The number of amides is 1. The number of anilines is 1. The zero-order chi connectivity index (χ0) is 22.4. The van der Waals surface area contributed by atoms with Crippen LogP contribution in [0.15, 0.2) is 54.6 Å². The number of carbonyl (C=O) groups excluding carboxylic acids is 1. The lowest BCUT2D eigenvalue weighted by atomic mass is 10.1.